The summed E-state index contributed by atoms with van der Waals surface area (Å²) < 4.78 is 0. The monoisotopic (exact) mass is 447 g/mol. The van der Waals surface area contributed by atoms with Crippen molar-refractivity contribution in [1.82, 2.24) is 4.90 Å². The number of hydrogen-bond acceptors (Lipinski definition) is 4. The van der Waals surface area contributed by atoms with Crippen molar-refractivity contribution in [2.24, 2.45) is 10.2 Å². The topological polar surface area (TPSA) is 28.0 Å². The molecule has 3 nitrogen and oxygen atoms in total. The lowest BCUT2D eigenvalue weighted by Gasteiger charge is -2.34. The molecule has 3 aromatic carbocycles. The fraction of sp³-hybridized carbons (Fsp3) is 0.0435. The summed E-state index contributed by atoms with van der Waals surface area (Å²) in [7, 11) is 0. The number of nitrogens with zero attached hydrogens (tertiary/aromatic N) is 3. The minimum atomic E-state index is -0.0115. The van der Waals surface area contributed by atoms with Gasteiger partial charge in [0.1, 0.15) is 6.04 Å². The molecule has 138 valence electrons. The van der Waals surface area contributed by atoms with Gasteiger partial charge in [0.15, 0.2) is 5.17 Å². The number of rotatable bonds is 3. The van der Waals surface area contributed by atoms with Crippen molar-refractivity contribution in [2.75, 3.05) is 0 Å². The average Bonchev–Trinajstić information content (AvgIpc) is 3.19. The summed E-state index contributed by atoms with van der Waals surface area (Å²) in [6, 6.07) is 31.3. The van der Waals surface area contributed by atoms with E-state index in [0.717, 1.165) is 22.1 Å². The van der Waals surface area contributed by atoms with E-state index < -0.39 is 0 Å². The molecule has 0 radical (unpaired) electrons. The summed E-state index contributed by atoms with van der Waals surface area (Å²) in [6.07, 6.45) is 0. The third-order valence-corrected chi connectivity index (χ3v) is 5.59. The lowest BCUT2D eigenvalue weighted by Crippen LogP contribution is -2.37. The van der Waals surface area contributed by atoms with Crippen molar-refractivity contribution in [2.45, 2.75) is 6.04 Å². The standard InChI is InChI=1S/C23H17N3S.BrH/c1-4-10-17(11-5-1)20-16-27-23-25-24-21(18-12-6-2-7-13-18)22(26(20)23)19-14-8-3-9-15-19;/h1-16,22H;1H. The Morgan fingerprint density at radius 3 is 1.89 bits per heavy atom. The maximum absolute atomic E-state index is 4.64. The van der Waals surface area contributed by atoms with E-state index >= 15 is 0 Å². The third-order valence-electron chi connectivity index (χ3n) is 4.76. The second-order valence-electron chi connectivity index (χ2n) is 6.40. The summed E-state index contributed by atoms with van der Waals surface area (Å²) >= 11 is 1.63. The largest absolute Gasteiger partial charge is 0.305 e. The molecule has 2 aliphatic heterocycles. The first-order valence-corrected chi connectivity index (χ1v) is 9.77. The zero-order chi connectivity index (χ0) is 18.1. The van der Waals surface area contributed by atoms with Gasteiger partial charge >= 0.3 is 0 Å². The molecule has 0 N–H and O–H groups in total. The summed E-state index contributed by atoms with van der Waals surface area (Å²) in [5, 5.41) is 12.3. The molecule has 0 spiro atoms. The maximum atomic E-state index is 4.64. The van der Waals surface area contributed by atoms with Crippen molar-refractivity contribution in [3.8, 4) is 0 Å². The molecule has 5 rings (SSSR count). The number of fused-ring (bicyclic) bond motifs is 1. The van der Waals surface area contributed by atoms with Gasteiger partial charge in [0.05, 0.1) is 11.4 Å². The van der Waals surface area contributed by atoms with Gasteiger partial charge in [0, 0.05) is 11.0 Å². The van der Waals surface area contributed by atoms with Gasteiger partial charge in [-0.2, -0.15) is 0 Å². The van der Waals surface area contributed by atoms with Crippen LogP contribution in [0.25, 0.3) is 5.70 Å². The van der Waals surface area contributed by atoms with Crippen molar-refractivity contribution in [3.05, 3.63) is 113 Å². The van der Waals surface area contributed by atoms with Gasteiger partial charge in [-0.1, -0.05) is 103 Å². The van der Waals surface area contributed by atoms with Crippen molar-refractivity contribution < 1.29 is 0 Å². The number of thioether (sulfide) groups is 1. The Kier molecular flexibility index (Phi) is 5.46. The fourth-order valence-electron chi connectivity index (χ4n) is 3.50. The molecule has 3 aromatic rings. The number of benzene rings is 3. The fourth-order valence-corrected chi connectivity index (χ4v) is 4.37. The Morgan fingerprint density at radius 1 is 0.679 bits per heavy atom. The molecule has 1 unspecified atom stereocenters. The van der Waals surface area contributed by atoms with E-state index in [1.54, 1.807) is 11.8 Å². The predicted octanol–water partition coefficient (Wildman–Crippen LogP) is 6.13. The van der Waals surface area contributed by atoms with Crippen LogP contribution in [0.2, 0.25) is 0 Å². The Morgan fingerprint density at radius 2 is 1.25 bits per heavy atom. The first-order valence-electron chi connectivity index (χ1n) is 8.89. The highest BCUT2D eigenvalue weighted by Gasteiger charge is 2.38. The van der Waals surface area contributed by atoms with Crippen LogP contribution in [0, 0.1) is 0 Å². The van der Waals surface area contributed by atoms with Crippen LogP contribution >= 0.6 is 28.7 Å². The zero-order valence-electron chi connectivity index (χ0n) is 15.0. The van der Waals surface area contributed by atoms with Gasteiger partial charge in [-0.15, -0.1) is 27.2 Å². The van der Waals surface area contributed by atoms with Gasteiger partial charge < -0.3 is 4.90 Å². The van der Waals surface area contributed by atoms with Crippen LogP contribution in [0.3, 0.4) is 0 Å². The molecule has 5 heteroatoms. The Labute approximate surface area is 179 Å². The predicted molar refractivity (Wildman–Crippen MR) is 124 cm³/mol. The van der Waals surface area contributed by atoms with Gasteiger partial charge in [0.25, 0.3) is 0 Å². The highest BCUT2D eigenvalue weighted by Crippen LogP contribution is 2.43. The molecule has 2 heterocycles. The summed E-state index contributed by atoms with van der Waals surface area (Å²) in [5.41, 5.74) is 5.62. The van der Waals surface area contributed by atoms with E-state index in [-0.39, 0.29) is 23.0 Å². The normalized spacial score (nSPS) is 17.8. The SMILES string of the molecule is Br.C1=C(c2ccccc2)N2C(=NN=C(c3ccccc3)C2c2ccccc2)S1. The molecule has 0 aromatic heterocycles. The molecule has 0 saturated carbocycles. The van der Waals surface area contributed by atoms with Crippen LogP contribution in [0.4, 0.5) is 0 Å². The van der Waals surface area contributed by atoms with Crippen LogP contribution in [0.5, 0.6) is 0 Å². The summed E-state index contributed by atoms with van der Waals surface area (Å²) in [4.78, 5) is 2.31. The van der Waals surface area contributed by atoms with E-state index in [0.29, 0.717) is 0 Å². The molecule has 0 fully saturated rings. The van der Waals surface area contributed by atoms with Crippen LogP contribution in [-0.4, -0.2) is 15.8 Å². The molecular weight excluding hydrogens is 430 g/mol. The highest BCUT2D eigenvalue weighted by atomic mass is 79.9. The maximum Gasteiger partial charge on any atom is 0.195 e. The second kappa shape index (κ2) is 8.17. The highest BCUT2D eigenvalue weighted by molar-refractivity contribution is 8.93. The molecule has 28 heavy (non-hydrogen) atoms. The molecule has 0 bridgehead atoms. The second-order valence-corrected chi connectivity index (χ2v) is 7.24. The Hall–Kier alpha value is -2.63. The van der Waals surface area contributed by atoms with Gasteiger partial charge in [-0.25, -0.2) is 0 Å². The molecule has 0 saturated heterocycles. The third kappa shape index (κ3) is 3.32. The Balaban J connectivity index is 0.00000192. The first kappa shape index (κ1) is 18.7. The van der Waals surface area contributed by atoms with E-state index in [4.69, 9.17) is 0 Å². The molecule has 1 atom stereocenters. The smallest absolute Gasteiger partial charge is 0.195 e. The summed E-state index contributed by atoms with van der Waals surface area (Å²) in [5.74, 6) is 0. The Bertz CT molecular complexity index is 1050. The average molecular weight is 448 g/mol. The zero-order valence-corrected chi connectivity index (χ0v) is 17.5. The van der Waals surface area contributed by atoms with Gasteiger partial charge in [-0.05, 0) is 11.1 Å². The van der Waals surface area contributed by atoms with Crippen LogP contribution in [0.1, 0.15) is 22.7 Å². The van der Waals surface area contributed by atoms with E-state index in [2.05, 4.69) is 81.2 Å². The molecule has 0 aliphatic carbocycles. The van der Waals surface area contributed by atoms with E-state index in [9.17, 15) is 0 Å². The van der Waals surface area contributed by atoms with Crippen molar-refractivity contribution >= 4 is 45.3 Å². The van der Waals surface area contributed by atoms with Gasteiger partial charge in [-0.3, -0.25) is 0 Å². The van der Waals surface area contributed by atoms with Crippen LogP contribution in [0.15, 0.2) is 107 Å². The number of amidine groups is 1. The number of hydrogen-bond donors (Lipinski definition) is 0. The van der Waals surface area contributed by atoms with Gasteiger partial charge in [0.2, 0.25) is 0 Å². The van der Waals surface area contributed by atoms with Crippen molar-refractivity contribution in [1.29, 1.82) is 0 Å². The van der Waals surface area contributed by atoms with E-state index in [1.165, 1.54) is 11.1 Å². The molecule has 0 amide bonds. The number of halogens is 1. The van der Waals surface area contributed by atoms with Crippen molar-refractivity contribution in [3.63, 3.8) is 0 Å². The lowest BCUT2D eigenvalue weighted by atomic mass is 9.94. The minimum Gasteiger partial charge on any atom is -0.305 e. The lowest BCUT2D eigenvalue weighted by molar-refractivity contribution is 0.532. The quantitative estimate of drug-likeness (QED) is 0.483. The van der Waals surface area contributed by atoms with E-state index in [1.807, 2.05) is 30.3 Å². The van der Waals surface area contributed by atoms with Crippen LogP contribution in [-0.2, 0) is 0 Å². The minimum absolute atomic E-state index is 0. The summed E-state index contributed by atoms with van der Waals surface area (Å²) in [6.45, 7) is 0. The molecular formula is C23H18BrN3S. The first-order chi connectivity index (χ1) is 13.4. The van der Waals surface area contributed by atoms with Crippen LogP contribution < -0.4 is 0 Å². The molecule has 2 aliphatic rings.